The van der Waals surface area contributed by atoms with E-state index in [2.05, 4.69) is 10.1 Å². The molecule has 0 radical (unpaired) electrons. The van der Waals surface area contributed by atoms with E-state index in [1.54, 1.807) is 11.0 Å². The molecule has 0 aromatic carbocycles. The minimum absolute atomic E-state index is 0.0597. The van der Waals surface area contributed by atoms with Crippen LogP contribution in [0, 0.1) is 0 Å². The third kappa shape index (κ3) is 3.22. The summed E-state index contributed by atoms with van der Waals surface area (Å²) in [4.78, 5) is 18.5. The lowest BCUT2D eigenvalue weighted by atomic mass is 10.00. The normalized spacial score (nSPS) is 27.5. The van der Waals surface area contributed by atoms with Crippen LogP contribution in [0.3, 0.4) is 0 Å². The fourth-order valence-electron chi connectivity index (χ4n) is 3.43. The minimum Gasteiger partial charge on any atom is -0.377 e. The summed E-state index contributed by atoms with van der Waals surface area (Å²) in [6.45, 7) is 2.95. The van der Waals surface area contributed by atoms with Crippen LogP contribution in [0.25, 0.3) is 0 Å². The van der Waals surface area contributed by atoms with E-state index < -0.39 is 5.60 Å². The third-order valence-electron chi connectivity index (χ3n) is 4.60. The number of hydrogen-bond acceptors (Lipinski definition) is 6. The van der Waals surface area contributed by atoms with Gasteiger partial charge in [-0.05, 0) is 24.3 Å². The van der Waals surface area contributed by atoms with Crippen molar-refractivity contribution >= 4 is 17.2 Å². The van der Waals surface area contributed by atoms with Crippen LogP contribution in [0.15, 0.2) is 29.5 Å². The van der Waals surface area contributed by atoms with Gasteiger partial charge in [-0.2, -0.15) is 16.4 Å². The third-order valence-corrected chi connectivity index (χ3v) is 5.28. The fourth-order valence-corrected chi connectivity index (χ4v) is 4.06. The second kappa shape index (κ2) is 6.62. The summed E-state index contributed by atoms with van der Waals surface area (Å²) in [6, 6.07) is 1.87. The van der Waals surface area contributed by atoms with Crippen LogP contribution < -0.4 is 0 Å². The summed E-state index contributed by atoms with van der Waals surface area (Å²) >= 11 is 1.54. The Morgan fingerprint density at radius 2 is 2.46 bits per heavy atom. The number of aromatic nitrogens is 3. The molecule has 0 N–H and O–H groups in total. The summed E-state index contributed by atoms with van der Waals surface area (Å²) in [5.41, 5.74) is 0.335. The molecule has 2 saturated heterocycles. The summed E-state index contributed by atoms with van der Waals surface area (Å²) < 4.78 is 13.9. The first-order valence-corrected chi connectivity index (χ1v) is 9.08. The van der Waals surface area contributed by atoms with Crippen molar-refractivity contribution in [2.45, 2.75) is 31.1 Å². The molecule has 2 aliphatic rings. The van der Waals surface area contributed by atoms with Gasteiger partial charge < -0.3 is 14.4 Å². The highest BCUT2D eigenvalue weighted by Gasteiger charge is 2.44. The van der Waals surface area contributed by atoms with Crippen LogP contribution in [0.2, 0.25) is 0 Å². The minimum atomic E-state index is -0.409. The molecule has 0 saturated carbocycles. The maximum Gasteiger partial charge on any atom is 0.254 e. The first-order chi connectivity index (χ1) is 11.7. The van der Waals surface area contributed by atoms with Crippen LogP contribution >= 0.6 is 11.3 Å². The Morgan fingerprint density at radius 1 is 1.50 bits per heavy atom. The van der Waals surface area contributed by atoms with Crippen molar-refractivity contribution in [2.24, 2.45) is 0 Å². The molecule has 2 aromatic heterocycles. The van der Waals surface area contributed by atoms with Gasteiger partial charge in [0.1, 0.15) is 18.3 Å². The number of thiophene rings is 1. The predicted molar refractivity (Wildman–Crippen MR) is 87.9 cm³/mol. The monoisotopic (exact) mass is 348 g/mol. The molecule has 2 aliphatic heterocycles. The molecule has 2 unspecified atom stereocenters. The quantitative estimate of drug-likeness (QED) is 0.839. The van der Waals surface area contributed by atoms with Crippen molar-refractivity contribution in [3.8, 4) is 0 Å². The molecule has 2 atom stereocenters. The maximum atomic E-state index is 12.7. The number of carbonyl (C=O) groups is 1. The van der Waals surface area contributed by atoms with Crippen molar-refractivity contribution in [1.82, 2.24) is 19.7 Å². The highest BCUT2D eigenvalue weighted by atomic mass is 32.1. The highest BCUT2D eigenvalue weighted by molar-refractivity contribution is 7.08. The lowest BCUT2D eigenvalue weighted by Gasteiger charge is -2.31. The Morgan fingerprint density at radius 3 is 3.25 bits per heavy atom. The molecular formula is C16H20N4O3S. The summed E-state index contributed by atoms with van der Waals surface area (Å²) in [7, 11) is 0. The molecule has 2 aromatic rings. The number of carbonyl (C=O) groups excluding carboxylic acids is 1. The summed E-state index contributed by atoms with van der Waals surface area (Å²) in [6.07, 6.45) is 5.13. The van der Waals surface area contributed by atoms with E-state index in [9.17, 15) is 4.79 Å². The van der Waals surface area contributed by atoms with Gasteiger partial charge in [-0.15, -0.1) is 0 Å². The fraction of sp³-hybridized carbons (Fsp3) is 0.562. The average molecular weight is 348 g/mol. The van der Waals surface area contributed by atoms with Gasteiger partial charge in [0.25, 0.3) is 5.91 Å². The van der Waals surface area contributed by atoms with Gasteiger partial charge in [-0.3, -0.25) is 9.48 Å². The van der Waals surface area contributed by atoms with Crippen LogP contribution in [0.1, 0.15) is 23.2 Å². The number of ether oxygens (including phenoxy) is 2. The van der Waals surface area contributed by atoms with Gasteiger partial charge in [-0.25, -0.2) is 4.98 Å². The molecule has 4 heterocycles. The number of amides is 1. The van der Waals surface area contributed by atoms with Crippen LogP contribution in [-0.2, 0) is 16.0 Å². The SMILES string of the molecule is O=C(c1ccsc1)N1CCOCC2(CCC(Cn3cncn3)O2)C1. The molecule has 7 nitrogen and oxygen atoms in total. The largest absolute Gasteiger partial charge is 0.377 e. The molecule has 0 bridgehead atoms. The predicted octanol–water partition coefficient (Wildman–Crippen LogP) is 1.43. The van der Waals surface area contributed by atoms with Crippen molar-refractivity contribution in [1.29, 1.82) is 0 Å². The first kappa shape index (κ1) is 15.7. The van der Waals surface area contributed by atoms with Crippen molar-refractivity contribution in [3.05, 3.63) is 35.0 Å². The second-order valence-corrected chi connectivity index (χ2v) is 7.15. The Balaban J connectivity index is 1.45. The zero-order chi connectivity index (χ0) is 16.4. The van der Waals surface area contributed by atoms with Gasteiger partial charge in [0.15, 0.2) is 0 Å². The summed E-state index contributed by atoms with van der Waals surface area (Å²) in [5, 5.41) is 7.96. The van der Waals surface area contributed by atoms with Crippen LogP contribution in [0.4, 0.5) is 0 Å². The topological polar surface area (TPSA) is 69.5 Å². The summed E-state index contributed by atoms with van der Waals surface area (Å²) in [5.74, 6) is 0.0597. The van der Waals surface area contributed by atoms with Crippen molar-refractivity contribution in [2.75, 3.05) is 26.3 Å². The maximum absolute atomic E-state index is 12.7. The molecule has 2 fully saturated rings. The van der Waals surface area contributed by atoms with Gasteiger partial charge in [0.05, 0.1) is 38.0 Å². The van der Waals surface area contributed by atoms with Crippen LogP contribution in [0.5, 0.6) is 0 Å². The van der Waals surface area contributed by atoms with Crippen molar-refractivity contribution < 1.29 is 14.3 Å². The average Bonchev–Trinajstić information content (AvgIpc) is 3.30. The van der Waals surface area contributed by atoms with Crippen molar-refractivity contribution in [3.63, 3.8) is 0 Å². The number of rotatable bonds is 3. The van der Waals surface area contributed by atoms with E-state index in [1.165, 1.54) is 17.7 Å². The Bertz CT molecular complexity index is 676. The van der Waals surface area contributed by atoms with Crippen LogP contribution in [-0.4, -0.2) is 63.6 Å². The van der Waals surface area contributed by atoms with Gasteiger partial charge in [0, 0.05) is 11.9 Å². The van der Waals surface area contributed by atoms with E-state index in [4.69, 9.17) is 9.47 Å². The standard InChI is InChI=1S/C16H20N4O3S/c21-15(13-2-6-24-8-13)19-4-5-22-10-16(9-19)3-1-14(23-16)7-20-12-17-11-18-20/h2,6,8,11-12,14H,1,3-5,7,9-10H2. The smallest absolute Gasteiger partial charge is 0.254 e. The molecule has 8 heteroatoms. The second-order valence-electron chi connectivity index (χ2n) is 6.37. The molecule has 24 heavy (non-hydrogen) atoms. The molecule has 128 valence electrons. The molecule has 1 spiro atoms. The molecule has 4 rings (SSSR count). The van der Waals surface area contributed by atoms with E-state index in [0.717, 1.165) is 18.4 Å². The Hall–Kier alpha value is -1.77. The first-order valence-electron chi connectivity index (χ1n) is 8.14. The van der Waals surface area contributed by atoms with E-state index in [-0.39, 0.29) is 12.0 Å². The van der Waals surface area contributed by atoms with E-state index >= 15 is 0 Å². The Kier molecular flexibility index (Phi) is 4.34. The van der Waals surface area contributed by atoms with Gasteiger partial charge in [0.2, 0.25) is 0 Å². The lowest BCUT2D eigenvalue weighted by Crippen LogP contribution is -2.46. The zero-order valence-corrected chi connectivity index (χ0v) is 14.2. The van der Waals surface area contributed by atoms with E-state index in [0.29, 0.717) is 32.8 Å². The van der Waals surface area contributed by atoms with Gasteiger partial charge in [-0.1, -0.05) is 0 Å². The number of hydrogen-bond donors (Lipinski definition) is 0. The van der Waals surface area contributed by atoms with Gasteiger partial charge >= 0.3 is 0 Å². The molecule has 1 amide bonds. The van der Waals surface area contributed by atoms with E-state index in [1.807, 2.05) is 21.7 Å². The molecular weight excluding hydrogens is 328 g/mol. The number of nitrogens with zero attached hydrogens (tertiary/aromatic N) is 4. The zero-order valence-electron chi connectivity index (χ0n) is 13.3. The Labute approximate surface area is 144 Å². The highest BCUT2D eigenvalue weighted by Crippen LogP contribution is 2.34. The lowest BCUT2D eigenvalue weighted by molar-refractivity contribution is -0.0881. The molecule has 0 aliphatic carbocycles.